The summed E-state index contributed by atoms with van der Waals surface area (Å²) in [4.78, 5) is 0. The standard InChI is InChI=1S/C7H8ClN3/c1-6-3-10-11(4-6)5-7(8)2-9/h3-4,7H,5H2,1H3. The van der Waals surface area contributed by atoms with Gasteiger partial charge in [0.2, 0.25) is 0 Å². The summed E-state index contributed by atoms with van der Waals surface area (Å²) in [5, 5.41) is 11.9. The van der Waals surface area contributed by atoms with Gasteiger partial charge >= 0.3 is 0 Å². The molecule has 58 valence electrons. The minimum Gasteiger partial charge on any atom is -0.270 e. The van der Waals surface area contributed by atoms with E-state index in [0.29, 0.717) is 6.54 Å². The molecule has 4 heteroatoms. The predicted molar refractivity (Wildman–Crippen MR) is 42.2 cm³/mol. The second-order valence-corrected chi connectivity index (χ2v) is 2.86. The zero-order valence-electron chi connectivity index (χ0n) is 6.16. The van der Waals surface area contributed by atoms with Crippen molar-refractivity contribution in [1.29, 1.82) is 5.26 Å². The van der Waals surface area contributed by atoms with E-state index >= 15 is 0 Å². The average Bonchev–Trinajstić information content (AvgIpc) is 2.35. The lowest BCUT2D eigenvalue weighted by atomic mass is 10.4. The number of alkyl halides is 1. The molecule has 1 atom stereocenters. The Morgan fingerprint density at radius 3 is 3.09 bits per heavy atom. The van der Waals surface area contributed by atoms with Crippen molar-refractivity contribution in [3.05, 3.63) is 18.0 Å². The monoisotopic (exact) mass is 169 g/mol. The van der Waals surface area contributed by atoms with Gasteiger partial charge in [-0.3, -0.25) is 4.68 Å². The van der Waals surface area contributed by atoms with E-state index in [4.69, 9.17) is 16.9 Å². The van der Waals surface area contributed by atoms with Crippen LogP contribution in [0.15, 0.2) is 12.4 Å². The fraction of sp³-hybridized carbons (Fsp3) is 0.429. The summed E-state index contributed by atoms with van der Waals surface area (Å²) in [5.74, 6) is 0. The number of rotatable bonds is 2. The van der Waals surface area contributed by atoms with Gasteiger partial charge in [-0.25, -0.2) is 0 Å². The van der Waals surface area contributed by atoms with E-state index < -0.39 is 5.38 Å². The number of aromatic nitrogens is 2. The molecule has 0 N–H and O–H groups in total. The van der Waals surface area contributed by atoms with Crippen LogP contribution in [0, 0.1) is 18.3 Å². The molecule has 0 aromatic carbocycles. The van der Waals surface area contributed by atoms with Crippen molar-refractivity contribution >= 4 is 11.6 Å². The molecular formula is C7H8ClN3. The SMILES string of the molecule is Cc1cnn(CC(Cl)C#N)c1. The summed E-state index contributed by atoms with van der Waals surface area (Å²) >= 11 is 5.59. The van der Waals surface area contributed by atoms with Crippen LogP contribution in [0.5, 0.6) is 0 Å². The fourth-order valence-corrected chi connectivity index (χ4v) is 0.913. The molecule has 0 radical (unpaired) electrons. The number of hydrogen-bond acceptors (Lipinski definition) is 2. The van der Waals surface area contributed by atoms with Crippen LogP contribution in [0.4, 0.5) is 0 Å². The molecule has 0 aliphatic rings. The van der Waals surface area contributed by atoms with Crippen molar-refractivity contribution in [3.8, 4) is 6.07 Å². The zero-order chi connectivity index (χ0) is 8.27. The third-order valence-electron chi connectivity index (χ3n) is 1.25. The molecule has 1 unspecified atom stereocenters. The van der Waals surface area contributed by atoms with Crippen LogP contribution >= 0.6 is 11.6 Å². The van der Waals surface area contributed by atoms with Crippen LogP contribution in [-0.2, 0) is 6.54 Å². The van der Waals surface area contributed by atoms with Gasteiger partial charge in [-0.1, -0.05) is 0 Å². The molecule has 1 rings (SSSR count). The van der Waals surface area contributed by atoms with Gasteiger partial charge in [0.15, 0.2) is 0 Å². The van der Waals surface area contributed by atoms with Crippen LogP contribution in [0.1, 0.15) is 5.56 Å². The molecule has 1 heterocycles. The summed E-state index contributed by atoms with van der Waals surface area (Å²) in [5.41, 5.74) is 1.08. The van der Waals surface area contributed by atoms with Crippen molar-refractivity contribution in [2.24, 2.45) is 0 Å². The predicted octanol–water partition coefficient (Wildman–Crippen LogP) is 1.32. The van der Waals surface area contributed by atoms with Crippen molar-refractivity contribution in [1.82, 2.24) is 9.78 Å². The van der Waals surface area contributed by atoms with Crippen LogP contribution in [0.2, 0.25) is 0 Å². The summed E-state index contributed by atoms with van der Waals surface area (Å²) < 4.78 is 1.66. The van der Waals surface area contributed by atoms with Gasteiger partial charge in [-0.15, -0.1) is 11.6 Å². The maximum absolute atomic E-state index is 8.38. The van der Waals surface area contributed by atoms with Crippen molar-refractivity contribution < 1.29 is 0 Å². The largest absolute Gasteiger partial charge is 0.270 e. The minimum atomic E-state index is -0.491. The first-order chi connectivity index (χ1) is 5.22. The van der Waals surface area contributed by atoms with E-state index in [1.54, 1.807) is 10.9 Å². The third-order valence-corrected chi connectivity index (χ3v) is 1.49. The maximum Gasteiger partial charge on any atom is 0.140 e. The van der Waals surface area contributed by atoms with Gasteiger partial charge in [0, 0.05) is 6.20 Å². The molecule has 0 amide bonds. The van der Waals surface area contributed by atoms with Crippen LogP contribution in [0.25, 0.3) is 0 Å². The molecule has 0 bridgehead atoms. The maximum atomic E-state index is 8.38. The number of aryl methyl sites for hydroxylation is 1. The first-order valence-electron chi connectivity index (χ1n) is 3.25. The molecule has 0 aliphatic carbocycles. The minimum absolute atomic E-state index is 0.450. The molecular weight excluding hydrogens is 162 g/mol. The zero-order valence-corrected chi connectivity index (χ0v) is 6.91. The smallest absolute Gasteiger partial charge is 0.140 e. The van der Waals surface area contributed by atoms with E-state index in [9.17, 15) is 0 Å². The highest BCUT2D eigenvalue weighted by atomic mass is 35.5. The second kappa shape index (κ2) is 3.40. The normalized spacial score (nSPS) is 12.5. The van der Waals surface area contributed by atoms with Gasteiger partial charge in [0.25, 0.3) is 0 Å². The van der Waals surface area contributed by atoms with Gasteiger partial charge in [-0.2, -0.15) is 10.4 Å². The van der Waals surface area contributed by atoms with E-state index in [2.05, 4.69) is 5.10 Å². The van der Waals surface area contributed by atoms with Crippen LogP contribution in [-0.4, -0.2) is 15.2 Å². The van der Waals surface area contributed by atoms with Crippen LogP contribution < -0.4 is 0 Å². The summed E-state index contributed by atoms with van der Waals surface area (Å²) in [7, 11) is 0. The first-order valence-corrected chi connectivity index (χ1v) is 3.69. The molecule has 0 fully saturated rings. The van der Waals surface area contributed by atoms with E-state index in [1.165, 1.54) is 0 Å². The summed E-state index contributed by atoms with van der Waals surface area (Å²) in [6.45, 7) is 2.39. The Bertz CT molecular complexity index is 273. The topological polar surface area (TPSA) is 41.6 Å². The highest BCUT2D eigenvalue weighted by molar-refractivity contribution is 6.22. The highest BCUT2D eigenvalue weighted by Gasteiger charge is 2.02. The van der Waals surface area contributed by atoms with Crippen molar-refractivity contribution in [2.75, 3.05) is 0 Å². The lowest BCUT2D eigenvalue weighted by Gasteiger charge is -1.98. The third kappa shape index (κ3) is 2.24. The summed E-state index contributed by atoms with van der Waals surface area (Å²) in [6, 6.07) is 1.93. The Kier molecular flexibility index (Phi) is 2.50. The molecule has 0 saturated heterocycles. The van der Waals surface area contributed by atoms with Crippen LogP contribution in [0.3, 0.4) is 0 Å². The number of nitrogens with zero attached hydrogens (tertiary/aromatic N) is 3. The lowest BCUT2D eigenvalue weighted by Crippen LogP contribution is -2.08. The Labute approximate surface area is 70.2 Å². The molecule has 0 saturated carbocycles. The number of hydrogen-bond donors (Lipinski definition) is 0. The van der Waals surface area contributed by atoms with Crippen molar-refractivity contribution in [2.45, 2.75) is 18.8 Å². The molecule has 0 aliphatic heterocycles. The van der Waals surface area contributed by atoms with Gasteiger partial charge in [0.05, 0.1) is 18.8 Å². The van der Waals surface area contributed by atoms with E-state index in [0.717, 1.165) is 5.56 Å². The lowest BCUT2D eigenvalue weighted by molar-refractivity contribution is 0.631. The van der Waals surface area contributed by atoms with Crippen molar-refractivity contribution in [3.63, 3.8) is 0 Å². The Balaban J connectivity index is 2.59. The van der Waals surface area contributed by atoms with Gasteiger partial charge in [0.1, 0.15) is 5.38 Å². The molecule has 0 spiro atoms. The fourth-order valence-electron chi connectivity index (χ4n) is 0.772. The summed E-state index contributed by atoms with van der Waals surface area (Å²) in [6.07, 6.45) is 3.59. The molecule has 1 aromatic heterocycles. The highest BCUT2D eigenvalue weighted by Crippen LogP contribution is 2.00. The first kappa shape index (κ1) is 8.09. The Morgan fingerprint density at radius 2 is 2.64 bits per heavy atom. The molecule has 1 aromatic rings. The molecule has 11 heavy (non-hydrogen) atoms. The second-order valence-electron chi connectivity index (χ2n) is 2.34. The Morgan fingerprint density at radius 1 is 1.91 bits per heavy atom. The molecule has 3 nitrogen and oxygen atoms in total. The number of nitriles is 1. The van der Waals surface area contributed by atoms with E-state index in [-0.39, 0.29) is 0 Å². The quantitative estimate of drug-likeness (QED) is 0.627. The van der Waals surface area contributed by atoms with E-state index in [1.807, 2.05) is 19.2 Å². The Hall–Kier alpha value is -1.01. The average molecular weight is 170 g/mol. The van der Waals surface area contributed by atoms with Gasteiger partial charge < -0.3 is 0 Å². The number of halogens is 1. The van der Waals surface area contributed by atoms with Gasteiger partial charge in [-0.05, 0) is 12.5 Å².